The van der Waals surface area contributed by atoms with Crippen LogP contribution in [0.4, 0.5) is 0 Å². The molecule has 0 radical (unpaired) electrons. The number of hydrogen-bond acceptors (Lipinski definition) is 3. The van der Waals surface area contributed by atoms with E-state index in [4.69, 9.17) is 4.74 Å². The molecule has 4 heteroatoms. The van der Waals surface area contributed by atoms with Crippen molar-refractivity contribution in [1.29, 1.82) is 0 Å². The molecule has 58 valence electrons. The van der Waals surface area contributed by atoms with Crippen LogP contribution in [0.25, 0.3) is 0 Å². The maximum atomic E-state index is 5.56. The number of nitrogens with zero attached hydrogens (tertiary/aromatic N) is 1. The highest BCUT2D eigenvalue weighted by Gasteiger charge is 2.33. The lowest BCUT2D eigenvalue weighted by molar-refractivity contribution is 0.0198. The van der Waals surface area contributed by atoms with Crippen molar-refractivity contribution in [2.24, 2.45) is 0 Å². The number of hydrogen-bond donors (Lipinski definition) is 1. The molecule has 0 amide bonds. The second-order valence-electron chi connectivity index (χ2n) is 2.80. The van der Waals surface area contributed by atoms with E-state index in [1.165, 1.54) is 0 Å². The van der Waals surface area contributed by atoms with Gasteiger partial charge >= 0.3 is 0 Å². The van der Waals surface area contributed by atoms with Crippen molar-refractivity contribution in [2.45, 2.75) is 12.1 Å². The lowest BCUT2D eigenvalue weighted by atomic mass is 10.2. The molecule has 0 aromatic rings. The molecule has 10 heavy (non-hydrogen) atoms. The van der Waals surface area contributed by atoms with Crippen LogP contribution in [0.1, 0.15) is 0 Å². The molecule has 3 nitrogen and oxygen atoms in total. The van der Waals surface area contributed by atoms with Crippen LogP contribution >= 0.6 is 22.9 Å². The molecule has 1 N–H and O–H groups in total. The zero-order valence-electron chi connectivity index (χ0n) is 5.72. The minimum absolute atomic E-state index is 0.450. The number of ether oxygens (including phenoxy) is 1. The predicted molar refractivity (Wildman–Crippen MR) is 47.1 cm³/mol. The summed E-state index contributed by atoms with van der Waals surface area (Å²) in [6.07, 6.45) is 0.450. The molecule has 0 aliphatic carbocycles. The fraction of sp³-hybridized carbons (Fsp3) is 1.00. The van der Waals surface area contributed by atoms with Gasteiger partial charge in [0.2, 0.25) is 0 Å². The second kappa shape index (κ2) is 2.92. The van der Waals surface area contributed by atoms with Gasteiger partial charge in [0.15, 0.2) is 0 Å². The first kappa shape index (κ1) is 7.27. The molecule has 0 aromatic carbocycles. The van der Waals surface area contributed by atoms with Crippen molar-refractivity contribution in [3.63, 3.8) is 0 Å². The molecule has 2 fully saturated rings. The first-order chi connectivity index (χ1) is 4.86. The lowest BCUT2D eigenvalue weighted by Crippen LogP contribution is -2.47. The number of nitrogens with one attached hydrogen (secondary N) is 1. The Labute approximate surface area is 74.6 Å². The summed E-state index contributed by atoms with van der Waals surface area (Å²) in [7, 11) is 0. The van der Waals surface area contributed by atoms with Gasteiger partial charge in [-0.1, -0.05) is 0 Å². The van der Waals surface area contributed by atoms with Gasteiger partial charge in [-0.2, -0.15) is 0 Å². The molecule has 2 aliphatic rings. The molecular formula is C6H11IN2O. The van der Waals surface area contributed by atoms with E-state index in [2.05, 4.69) is 31.3 Å². The van der Waals surface area contributed by atoms with E-state index >= 15 is 0 Å². The fourth-order valence-electron chi connectivity index (χ4n) is 1.55. The standard InChI is InChI=1S/C6H11IN2O/c7-9-3-5-6(4-9)10-2-1-8-5/h5-6,8H,1-4H2. The zero-order valence-corrected chi connectivity index (χ0v) is 7.87. The summed E-state index contributed by atoms with van der Waals surface area (Å²) in [5.74, 6) is 0. The maximum absolute atomic E-state index is 5.56. The van der Waals surface area contributed by atoms with Crippen LogP contribution in [-0.4, -0.2) is 41.5 Å². The molecule has 0 aromatic heterocycles. The van der Waals surface area contributed by atoms with Gasteiger partial charge in [0.25, 0.3) is 0 Å². The van der Waals surface area contributed by atoms with Crippen molar-refractivity contribution < 1.29 is 4.74 Å². The number of halogens is 1. The van der Waals surface area contributed by atoms with E-state index in [1.807, 2.05) is 0 Å². The summed E-state index contributed by atoms with van der Waals surface area (Å²) in [6.45, 7) is 4.11. The smallest absolute Gasteiger partial charge is 0.0876 e. The third kappa shape index (κ3) is 1.30. The van der Waals surface area contributed by atoms with Crippen molar-refractivity contribution in [3.05, 3.63) is 0 Å². The van der Waals surface area contributed by atoms with E-state index in [9.17, 15) is 0 Å². The van der Waals surface area contributed by atoms with Crippen LogP contribution in [0.3, 0.4) is 0 Å². The largest absolute Gasteiger partial charge is 0.374 e. The number of fused-ring (bicyclic) bond motifs is 1. The van der Waals surface area contributed by atoms with Gasteiger partial charge in [-0.15, -0.1) is 0 Å². The van der Waals surface area contributed by atoms with Gasteiger partial charge in [-0.25, -0.2) is 3.11 Å². The summed E-state index contributed by atoms with van der Waals surface area (Å²) in [4.78, 5) is 0. The molecule has 2 rings (SSSR count). The van der Waals surface area contributed by atoms with Crippen molar-refractivity contribution in [3.8, 4) is 0 Å². The summed E-state index contributed by atoms with van der Waals surface area (Å²) in [6, 6.07) is 0.589. The molecule has 0 spiro atoms. The highest BCUT2D eigenvalue weighted by Crippen LogP contribution is 2.18. The Morgan fingerprint density at radius 1 is 1.50 bits per heavy atom. The Kier molecular flexibility index (Phi) is 2.13. The van der Waals surface area contributed by atoms with Crippen LogP contribution in [0.2, 0.25) is 0 Å². The summed E-state index contributed by atoms with van der Waals surface area (Å²) in [5, 5.41) is 3.44. The Hall–Kier alpha value is 0.610. The number of rotatable bonds is 0. The lowest BCUT2D eigenvalue weighted by Gasteiger charge is -2.25. The Balaban J connectivity index is 1.97. The normalized spacial score (nSPS) is 41.7. The molecule has 2 saturated heterocycles. The molecule has 2 atom stereocenters. The average Bonchev–Trinajstić information content (AvgIpc) is 2.27. The van der Waals surface area contributed by atoms with E-state index in [0.717, 1.165) is 26.2 Å². The molecule has 0 bridgehead atoms. The third-order valence-electron chi connectivity index (χ3n) is 2.06. The summed E-state index contributed by atoms with van der Waals surface area (Å²) < 4.78 is 7.85. The predicted octanol–water partition coefficient (Wildman–Crippen LogP) is 0.00900. The number of morpholine rings is 1. The van der Waals surface area contributed by atoms with Gasteiger partial charge in [0.05, 0.1) is 12.7 Å². The molecule has 2 heterocycles. The molecule has 2 aliphatic heterocycles. The van der Waals surface area contributed by atoms with Crippen molar-refractivity contribution >= 4 is 22.9 Å². The molecule has 0 saturated carbocycles. The minimum atomic E-state index is 0.450. The molecular weight excluding hydrogens is 243 g/mol. The average molecular weight is 254 g/mol. The fourth-order valence-corrected chi connectivity index (χ4v) is 2.36. The van der Waals surface area contributed by atoms with Crippen LogP contribution in [0, 0.1) is 0 Å². The first-order valence-electron chi connectivity index (χ1n) is 3.62. The topological polar surface area (TPSA) is 24.5 Å². The van der Waals surface area contributed by atoms with Crippen LogP contribution in [-0.2, 0) is 4.74 Å². The van der Waals surface area contributed by atoms with Crippen molar-refractivity contribution in [2.75, 3.05) is 26.2 Å². The quantitative estimate of drug-likeness (QED) is 0.487. The maximum Gasteiger partial charge on any atom is 0.0876 e. The minimum Gasteiger partial charge on any atom is -0.374 e. The molecule has 2 unspecified atom stereocenters. The van der Waals surface area contributed by atoms with Gasteiger partial charge in [0, 0.05) is 48.5 Å². The summed E-state index contributed by atoms with van der Waals surface area (Å²) >= 11 is 2.35. The van der Waals surface area contributed by atoms with Gasteiger partial charge in [-0.3, -0.25) is 0 Å². The van der Waals surface area contributed by atoms with Gasteiger partial charge in [-0.05, 0) is 0 Å². The first-order valence-corrected chi connectivity index (χ1v) is 4.58. The Bertz CT molecular complexity index is 119. The van der Waals surface area contributed by atoms with E-state index in [-0.39, 0.29) is 0 Å². The van der Waals surface area contributed by atoms with Gasteiger partial charge in [0.1, 0.15) is 0 Å². The monoisotopic (exact) mass is 254 g/mol. The Morgan fingerprint density at radius 2 is 2.40 bits per heavy atom. The van der Waals surface area contributed by atoms with E-state index < -0.39 is 0 Å². The van der Waals surface area contributed by atoms with E-state index in [1.54, 1.807) is 0 Å². The SMILES string of the molecule is IN1CC2NCCOC2C1. The van der Waals surface area contributed by atoms with E-state index in [0.29, 0.717) is 12.1 Å². The zero-order chi connectivity index (χ0) is 6.97. The highest BCUT2D eigenvalue weighted by molar-refractivity contribution is 14.1. The van der Waals surface area contributed by atoms with Crippen LogP contribution in [0.5, 0.6) is 0 Å². The van der Waals surface area contributed by atoms with Crippen LogP contribution in [0.15, 0.2) is 0 Å². The Morgan fingerprint density at radius 3 is 3.20 bits per heavy atom. The van der Waals surface area contributed by atoms with Crippen molar-refractivity contribution in [1.82, 2.24) is 8.43 Å². The van der Waals surface area contributed by atoms with Crippen LogP contribution < -0.4 is 5.32 Å². The third-order valence-corrected chi connectivity index (χ3v) is 2.85. The second-order valence-corrected chi connectivity index (χ2v) is 4.16. The highest BCUT2D eigenvalue weighted by atomic mass is 127. The van der Waals surface area contributed by atoms with Gasteiger partial charge < -0.3 is 10.1 Å². The summed E-state index contributed by atoms with van der Waals surface area (Å²) in [5.41, 5.74) is 0.